The number of carbonyl (C=O) groups is 1. The summed E-state index contributed by atoms with van der Waals surface area (Å²) >= 11 is 5.49. The molecule has 1 aromatic rings. The average Bonchev–Trinajstić information content (AvgIpc) is 2.36. The summed E-state index contributed by atoms with van der Waals surface area (Å²) < 4.78 is 64.0. The van der Waals surface area contributed by atoms with E-state index in [1.54, 1.807) is 0 Å². The maximum absolute atomic E-state index is 13.0. The molecule has 1 N–H and O–H groups in total. The Morgan fingerprint density at radius 2 is 1.95 bits per heavy atom. The van der Waals surface area contributed by atoms with Crippen molar-refractivity contribution in [1.29, 1.82) is 0 Å². The van der Waals surface area contributed by atoms with Crippen LogP contribution in [0.1, 0.15) is 12.5 Å². The van der Waals surface area contributed by atoms with Crippen LogP contribution < -0.4 is 0 Å². The van der Waals surface area contributed by atoms with Crippen LogP contribution in [0.2, 0.25) is 5.02 Å². The standard InChI is InChI=1S/C12H13ClF3NO4S/c1-7(11(18)19)6-17(2)22(20,21)10-4-3-8(13)5-9(10)12(14,15)16/h3-5,7H,6H2,1-2H3,(H,18,19). The summed E-state index contributed by atoms with van der Waals surface area (Å²) in [6.07, 6.45) is -4.91. The maximum Gasteiger partial charge on any atom is 0.417 e. The molecule has 0 saturated carbocycles. The smallest absolute Gasteiger partial charge is 0.417 e. The minimum atomic E-state index is -4.91. The molecular weight excluding hydrogens is 347 g/mol. The van der Waals surface area contributed by atoms with Crippen LogP contribution in [-0.4, -0.2) is 37.4 Å². The van der Waals surface area contributed by atoms with E-state index in [1.165, 1.54) is 6.92 Å². The third-order valence-corrected chi connectivity index (χ3v) is 5.00. The Labute approximate surface area is 130 Å². The van der Waals surface area contributed by atoms with Crippen molar-refractivity contribution in [2.24, 2.45) is 5.92 Å². The molecule has 10 heteroatoms. The van der Waals surface area contributed by atoms with E-state index in [2.05, 4.69) is 0 Å². The first-order valence-corrected chi connectivity index (χ1v) is 7.75. The minimum absolute atomic E-state index is 0.257. The van der Waals surface area contributed by atoms with E-state index in [0.717, 1.165) is 19.2 Å². The van der Waals surface area contributed by atoms with Gasteiger partial charge in [-0.05, 0) is 18.2 Å². The fraction of sp³-hybridized carbons (Fsp3) is 0.417. The molecule has 0 heterocycles. The molecule has 0 aromatic heterocycles. The summed E-state index contributed by atoms with van der Waals surface area (Å²) in [5.41, 5.74) is -1.39. The quantitative estimate of drug-likeness (QED) is 0.877. The third-order valence-electron chi connectivity index (χ3n) is 2.89. The first-order chi connectivity index (χ1) is 9.87. The van der Waals surface area contributed by atoms with E-state index in [9.17, 15) is 26.4 Å². The summed E-state index contributed by atoms with van der Waals surface area (Å²) in [7, 11) is -3.49. The molecule has 1 aromatic carbocycles. The lowest BCUT2D eigenvalue weighted by molar-refractivity contribution is -0.141. The van der Waals surface area contributed by atoms with E-state index in [1.807, 2.05) is 0 Å². The van der Waals surface area contributed by atoms with Gasteiger partial charge >= 0.3 is 12.1 Å². The van der Waals surface area contributed by atoms with Gasteiger partial charge in [0.05, 0.1) is 16.4 Å². The zero-order valence-electron chi connectivity index (χ0n) is 11.6. The summed E-state index contributed by atoms with van der Waals surface area (Å²) in [5, 5.41) is 8.51. The number of sulfonamides is 1. The van der Waals surface area contributed by atoms with Crippen molar-refractivity contribution in [2.45, 2.75) is 18.0 Å². The Morgan fingerprint density at radius 1 is 1.41 bits per heavy atom. The van der Waals surface area contributed by atoms with Crippen molar-refractivity contribution in [1.82, 2.24) is 4.31 Å². The predicted octanol–water partition coefficient (Wildman–Crippen LogP) is 2.70. The second-order valence-electron chi connectivity index (χ2n) is 4.66. The van der Waals surface area contributed by atoms with Crippen LogP contribution in [0.3, 0.4) is 0 Å². The molecule has 124 valence electrons. The van der Waals surface area contributed by atoms with Crippen LogP contribution in [0.15, 0.2) is 23.1 Å². The van der Waals surface area contributed by atoms with Crippen molar-refractivity contribution in [3.05, 3.63) is 28.8 Å². The normalized spacial score (nSPS) is 14.1. The Bertz CT molecular complexity index is 675. The van der Waals surface area contributed by atoms with Crippen LogP contribution >= 0.6 is 11.6 Å². The number of carboxylic acids is 1. The monoisotopic (exact) mass is 359 g/mol. The Kier molecular flexibility index (Phi) is 5.47. The molecule has 0 fully saturated rings. The van der Waals surface area contributed by atoms with Crippen molar-refractivity contribution in [3.8, 4) is 0 Å². The highest BCUT2D eigenvalue weighted by Gasteiger charge is 2.39. The highest BCUT2D eigenvalue weighted by atomic mass is 35.5. The van der Waals surface area contributed by atoms with Crippen molar-refractivity contribution in [2.75, 3.05) is 13.6 Å². The second-order valence-corrected chi connectivity index (χ2v) is 7.11. The average molecular weight is 360 g/mol. The number of nitrogens with zero attached hydrogens (tertiary/aromatic N) is 1. The van der Waals surface area contributed by atoms with E-state index >= 15 is 0 Å². The number of benzene rings is 1. The molecule has 0 saturated heterocycles. The summed E-state index contributed by atoms with van der Waals surface area (Å²) in [5.74, 6) is -2.32. The Morgan fingerprint density at radius 3 is 2.41 bits per heavy atom. The topological polar surface area (TPSA) is 74.7 Å². The Balaban J connectivity index is 3.32. The van der Waals surface area contributed by atoms with Crippen LogP contribution in [-0.2, 0) is 21.0 Å². The van der Waals surface area contributed by atoms with Gasteiger partial charge in [-0.15, -0.1) is 0 Å². The molecule has 5 nitrogen and oxygen atoms in total. The highest BCUT2D eigenvalue weighted by Crippen LogP contribution is 2.36. The van der Waals surface area contributed by atoms with Gasteiger partial charge in [0.1, 0.15) is 0 Å². The fourth-order valence-electron chi connectivity index (χ4n) is 1.68. The maximum atomic E-state index is 13.0. The second kappa shape index (κ2) is 6.43. The van der Waals surface area contributed by atoms with Gasteiger partial charge < -0.3 is 5.11 Å². The number of hydrogen-bond donors (Lipinski definition) is 1. The summed E-state index contributed by atoms with van der Waals surface area (Å²) in [4.78, 5) is 9.78. The molecule has 0 bridgehead atoms. The SMILES string of the molecule is CC(CN(C)S(=O)(=O)c1ccc(Cl)cc1C(F)(F)F)C(=O)O. The first kappa shape index (κ1) is 18.7. The van der Waals surface area contributed by atoms with Crippen LogP contribution in [0.5, 0.6) is 0 Å². The Hall–Kier alpha value is -1.32. The van der Waals surface area contributed by atoms with Gasteiger partial charge in [-0.1, -0.05) is 18.5 Å². The van der Waals surface area contributed by atoms with E-state index < -0.39 is 45.1 Å². The van der Waals surface area contributed by atoms with Gasteiger partial charge in [0, 0.05) is 18.6 Å². The molecule has 1 atom stereocenters. The van der Waals surface area contributed by atoms with Gasteiger partial charge in [-0.25, -0.2) is 12.7 Å². The third kappa shape index (κ3) is 4.11. The number of alkyl halides is 3. The first-order valence-electron chi connectivity index (χ1n) is 5.93. The van der Waals surface area contributed by atoms with Crippen LogP contribution in [0.25, 0.3) is 0 Å². The molecule has 0 aliphatic heterocycles. The van der Waals surface area contributed by atoms with Gasteiger partial charge in [-0.3, -0.25) is 4.79 Å². The largest absolute Gasteiger partial charge is 0.481 e. The van der Waals surface area contributed by atoms with Gasteiger partial charge in [0.2, 0.25) is 10.0 Å². The number of rotatable bonds is 5. The lowest BCUT2D eigenvalue weighted by Crippen LogP contribution is -2.34. The number of halogens is 4. The van der Waals surface area contributed by atoms with E-state index in [-0.39, 0.29) is 5.02 Å². The molecule has 0 amide bonds. The van der Waals surface area contributed by atoms with Gasteiger partial charge in [-0.2, -0.15) is 13.2 Å². The molecule has 1 rings (SSSR count). The van der Waals surface area contributed by atoms with E-state index in [0.29, 0.717) is 10.4 Å². The van der Waals surface area contributed by atoms with Crippen LogP contribution in [0.4, 0.5) is 13.2 Å². The van der Waals surface area contributed by atoms with Crippen molar-refractivity contribution < 1.29 is 31.5 Å². The molecule has 0 spiro atoms. The van der Waals surface area contributed by atoms with Crippen molar-refractivity contribution >= 4 is 27.6 Å². The minimum Gasteiger partial charge on any atom is -0.481 e. The molecule has 0 radical (unpaired) electrons. The summed E-state index contributed by atoms with van der Waals surface area (Å²) in [6, 6.07) is 2.30. The van der Waals surface area contributed by atoms with Crippen molar-refractivity contribution in [3.63, 3.8) is 0 Å². The number of carboxylic acid groups (broad SMARTS) is 1. The van der Waals surface area contributed by atoms with E-state index in [4.69, 9.17) is 16.7 Å². The number of hydrogen-bond acceptors (Lipinski definition) is 3. The summed E-state index contributed by atoms with van der Waals surface area (Å²) in [6.45, 7) is 0.790. The lowest BCUT2D eigenvalue weighted by Gasteiger charge is -2.21. The van der Waals surface area contributed by atoms with Gasteiger partial charge in [0.25, 0.3) is 0 Å². The number of aliphatic carboxylic acids is 1. The molecule has 22 heavy (non-hydrogen) atoms. The molecular formula is C12H13ClF3NO4S. The molecule has 1 unspecified atom stereocenters. The zero-order valence-corrected chi connectivity index (χ0v) is 13.1. The predicted molar refractivity (Wildman–Crippen MR) is 73.1 cm³/mol. The lowest BCUT2D eigenvalue weighted by atomic mass is 10.2. The van der Waals surface area contributed by atoms with Gasteiger partial charge in [0.15, 0.2) is 0 Å². The highest BCUT2D eigenvalue weighted by molar-refractivity contribution is 7.89. The molecule has 0 aliphatic rings. The zero-order chi connectivity index (χ0) is 17.3. The van der Waals surface area contributed by atoms with Crippen LogP contribution in [0, 0.1) is 5.92 Å². The molecule has 0 aliphatic carbocycles. The fourth-order valence-corrected chi connectivity index (χ4v) is 3.30.